The molecular weight excluding hydrogens is 709 g/mol. The van der Waals surface area contributed by atoms with Gasteiger partial charge in [-0.05, 0) is 111 Å². The highest BCUT2D eigenvalue weighted by atomic mass is 16.7. The van der Waals surface area contributed by atoms with E-state index in [0.717, 1.165) is 59.1 Å². The van der Waals surface area contributed by atoms with E-state index in [2.05, 4.69) is 43.0 Å². The van der Waals surface area contributed by atoms with Gasteiger partial charge >= 0.3 is 6.09 Å². The fourth-order valence-corrected chi connectivity index (χ4v) is 9.00. The van der Waals surface area contributed by atoms with Gasteiger partial charge < -0.3 is 34.0 Å². The fraction of sp³-hybridized carbons (Fsp3) is 0.522. The van der Waals surface area contributed by atoms with Crippen LogP contribution in [0.25, 0.3) is 10.8 Å². The number of unbranched alkanes of at least 4 members (excludes halogenated alkanes) is 2. The number of allylic oxidation sites excluding steroid dienone is 1. The van der Waals surface area contributed by atoms with E-state index in [0.29, 0.717) is 43.7 Å². The van der Waals surface area contributed by atoms with Crippen LogP contribution in [0.4, 0.5) is 4.79 Å². The summed E-state index contributed by atoms with van der Waals surface area (Å²) in [4.78, 5) is 21.7. The SMILES string of the molecule is C=CCOC12Oc3ccc(Oc4ccc5ccccc5c4)cc3C3C(CCCCO)C(CCCCO)C=C(C(=NOC(C)(C)C)CC1N(CCC)C(=O)OC)C32. The summed E-state index contributed by atoms with van der Waals surface area (Å²) in [6, 6.07) is 19.7. The van der Waals surface area contributed by atoms with Gasteiger partial charge in [-0.3, -0.25) is 4.90 Å². The van der Waals surface area contributed by atoms with E-state index < -0.39 is 29.4 Å². The Morgan fingerprint density at radius 1 is 1.00 bits per heavy atom. The van der Waals surface area contributed by atoms with Crippen LogP contribution in [-0.2, 0) is 14.3 Å². The Morgan fingerprint density at radius 2 is 1.71 bits per heavy atom. The van der Waals surface area contributed by atoms with E-state index in [4.69, 9.17) is 28.9 Å². The minimum absolute atomic E-state index is 0.0977. The number of carbonyl (C=O) groups is 1. The van der Waals surface area contributed by atoms with Crippen molar-refractivity contribution in [3.8, 4) is 17.2 Å². The first kappa shape index (κ1) is 41.3. The number of benzene rings is 3. The second kappa shape index (κ2) is 18.3. The summed E-state index contributed by atoms with van der Waals surface area (Å²) in [5.41, 5.74) is 2.17. The van der Waals surface area contributed by atoms with Crippen LogP contribution in [-0.4, -0.2) is 77.8 Å². The van der Waals surface area contributed by atoms with Crippen LogP contribution in [0.1, 0.15) is 90.5 Å². The van der Waals surface area contributed by atoms with Crippen molar-refractivity contribution < 1.29 is 38.8 Å². The Morgan fingerprint density at radius 3 is 2.41 bits per heavy atom. The topological polar surface area (TPSA) is 119 Å². The molecule has 3 aromatic rings. The smallest absolute Gasteiger partial charge is 0.409 e. The molecule has 56 heavy (non-hydrogen) atoms. The number of carbonyl (C=O) groups excluding carboxylic acids is 1. The number of nitrogens with zero attached hydrogens (tertiary/aromatic N) is 2. The molecule has 10 heteroatoms. The normalized spacial score (nSPS) is 24.7. The van der Waals surface area contributed by atoms with Crippen LogP contribution in [0.15, 0.2) is 90.1 Å². The van der Waals surface area contributed by atoms with Crippen molar-refractivity contribution in [3.05, 3.63) is 90.5 Å². The third-order valence-electron chi connectivity index (χ3n) is 11.3. The number of hydrogen-bond acceptors (Lipinski definition) is 9. The van der Waals surface area contributed by atoms with Crippen molar-refractivity contribution >= 4 is 22.6 Å². The minimum Gasteiger partial charge on any atom is -0.459 e. The van der Waals surface area contributed by atoms with Crippen LogP contribution in [0.5, 0.6) is 17.2 Å². The van der Waals surface area contributed by atoms with Crippen LogP contribution < -0.4 is 9.47 Å². The second-order valence-electron chi connectivity index (χ2n) is 16.3. The van der Waals surface area contributed by atoms with Crippen molar-refractivity contribution in [1.29, 1.82) is 0 Å². The van der Waals surface area contributed by atoms with Gasteiger partial charge in [0.25, 0.3) is 0 Å². The number of rotatable bonds is 17. The molecular formula is C46H60N2O8. The lowest BCUT2D eigenvalue weighted by Gasteiger charge is -2.59. The molecule has 3 aromatic carbocycles. The average molecular weight is 769 g/mol. The number of ether oxygens (including phenoxy) is 4. The zero-order valence-electron chi connectivity index (χ0n) is 33.7. The van der Waals surface area contributed by atoms with E-state index in [1.54, 1.807) is 11.0 Å². The zero-order valence-corrected chi connectivity index (χ0v) is 33.7. The molecule has 0 bridgehead atoms. The van der Waals surface area contributed by atoms with Gasteiger partial charge in [0.2, 0.25) is 5.79 Å². The Labute approximate surface area is 332 Å². The summed E-state index contributed by atoms with van der Waals surface area (Å²) in [5.74, 6) is 0.385. The highest BCUT2D eigenvalue weighted by molar-refractivity contribution is 6.03. The monoisotopic (exact) mass is 768 g/mol. The molecule has 0 spiro atoms. The number of amides is 1. The van der Waals surface area contributed by atoms with Crippen LogP contribution in [0.3, 0.4) is 0 Å². The van der Waals surface area contributed by atoms with E-state index in [-0.39, 0.29) is 37.6 Å². The van der Waals surface area contributed by atoms with Gasteiger partial charge in [0.15, 0.2) is 0 Å². The molecule has 6 rings (SSSR count). The average Bonchev–Trinajstić information content (AvgIpc) is 3.19. The van der Waals surface area contributed by atoms with Crippen molar-refractivity contribution in [1.82, 2.24) is 4.90 Å². The molecule has 1 saturated carbocycles. The molecule has 6 unspecified atom stereocenters. The zero-order chi connectivity index (χ0) is 39.9. The highest BCUT2D eigenvalue weighted by Crippen LogP contribution is 2.62. The molecule has 6 atom stereocenters. The van der Waals surface area contributed by atoms with Gasteiger partial charge in [0, 0.05) is 37.7 Å². The summed E-state index contributed by atoms with van der Waals surface area (Å²) in [7, 11) is 1.40. The highest BCUT2D eigenvalue weighted by Gasteiger charge is 2.65. The Kier molecular flexibility index (Phi) is 13.5. The summed E-state index contributed by atoms with van der Waals surface area (Å²) < 4.78 is 26.3. The maximum Gasteiger partial charge on any atom is 0.409 e. The third-order valence-corrected chi connectivity index (χ3v) is 11.3. The first-order valence-corrected chi connectivity index (χ1v) is 20.3. The lowest BCUT2D eigenvalue weighted by Crippen LogP contribution is -2.70. The molecule has 302 valence electrons. The molecule has 2 N–H and O–H groups in total. The summed E-state index contributed by atoms with van der Waals surface area (Å²) >= 11 is 0. The van der Waals surface area contributed by atoms with Crippen LogP contribution in [0.2, 0.25) is 0 Å². The van der Waals surface area contributed by atoms with Crippen molar-refractivity contribution in [3.63, 3.8) is 0 Å². The maximum absolute atomic E-state index is 13.8. The van der Waals surface area contributed by atoms with Gasteiger partial charge in [0.05, 0.1) is 25.3 Å². The van der Waals surface area contributed by atoms with Crippen molar-refractivity contribution in [2.24, 2.45) is 22.9 Å². The predicted octanol–water partition coefficient (Wildman–Crippen LogP) is 9.54. The van der Waals surface area contributed by atoms with Crippen LogP contribution in [0, 0.1) is 17.8 Å². The summed E-state index contributed by atoms with van der Waals surface area (Å²) in [6.07, 6.45) is 9.37. The molecule has 1 aliphatic heterocycles. The minimum atomic E-state index is -1.34. The van der Waals surface area contributed by atoms with E-state index in [9.17, 15) is 15.0 Å². The number of aliphatic hydroxyl groups excluding tert-OH is 2. The molecule has 0 aromatic heterocycles. The molecule has 1 amide bonds. The summed E-state index contributed by atoms with van der Waals surface area (Å²) in [5, 5.41) is 26.9. The molecule has 2 aliphatic carbocycles. The first-order chi connectivity index (χ1) is 27.1. The second-order valence-corrected chi connectivity index (χ2v) is 16.3. The molecule has 3 aliphatic rings. The molecule has 10 nitrogen and oxygen atoms in total. The Hall–Kier alpha value is -4.38. The lowest BCUT2D eigenvalue weighted by atomic mass is 9.55. The maximum atomic E-state index is 13.8. The Balaban J connectivity index is 1.58. The first-order valence-electron chi connectivity index (χ1n) is 20.3. The quantitative estimate of drug-likeness (QED) is 0.0792. The lowest BCUT2D eigenvalue weighted by molar-refractivity contribution is -0.255. The third kappa shape index (κ3) is 8.77. The number of fused-ring (bicyclic) bond motifs is 3. The molecule has 0 saturated heterocycles. The predicted molar refractivity (Wildman–Crippen MR) is 219 cm³/mol. The van der Waals surface area contributed by atoms with E-state index in [1.165, 1.54) is 7.11 Å². The number of aliphatic hydroxyl groups is 2. The fourth-order valence-electron chi connectivity index (χ4n) is 9.00. The standard InChI is InChI=1S/C46H60N2O8/c1-7-23-48(44(51)52-6)41-30-39(47-56-45(3,4)5)37-28-33(17-11-13-24-49)36(18-12-14-25-50)42-38-29-35(54-34-20-19-31-15-9-10-16-32(31)27-34)21-22-40(38)55-46(41,43(37)42)53-26-8-2/h8-10,15-16,19-22,27-29,33,36,41-43,49-50H,2,7,11-14,17-18,23-26,30H2,1,3-6H3. The summed E-state index contributed by atoms with van der Waals surface area (Å²) in [6.45, 7) is 12.8. The Bertz CT molecular complexity index is 1880. The molecule has 0 radical (unpaired) electrons. The van der Waals surface area contributed by atoms with Gasteiger partial charge in [-0.15, -0.1) is 6.58 Å². The molecule has 1 heterocycles. The molecule has 1 fully saturated rings. The van der Waals surface area contributed by atoms with Gasteiger partial charge in [-0.25, -0.2) is 4.79 Å². The van der Waals surface area contributed by atoms with Gasteiger partial charge in [-0.1, -0.05) is 67.4 Å². The largest absolute Gasteiger partial charge is 0.459 e. The van der Waals surface area contributed by atoms with E-state index in [1.807, 2.05) is 58.0 Å². The number of methoxy groups -OCH3 is 1. The van der Waals surface area contributed by atoms with Gasteiger partial charge in [-0.2, -0.15) is 0 Å². The van der Waals surface area contributed by atoms with Crippen molar-refractivity contribution in [2.45, 2.75) is 102 Å². The van der Waals surface area contributed by atoms with Crippen LogP contribution >= 0.6 is 0 Å². The van der Waals surface area contributed by atoms with Crippen molar-refractivity contribution in [2.75, 3.05) is 33.5 Å². The van der Waals surface area contributed by atoms with Gasteiger partial charge in [0.1, 0.15) is 28.9 Å². The van der Waals surface area contributed by atoms with E-state index >= 15 is 0 Å². The number of hydrogen-bond donors (Lipinski definition) is 2. The number of oxime groups is 1.